The molecule has 0 bridgehead atoms. The van der Waals surface area contributed by atoms with Crippen molar-refractivity contribution >= 4 is 15.9 Å². The molecule has 8 heteroatoms. The molecule has 1 aliphatic carbocycles. The molecule has 1 aromatic rings. The Morgan fingerprint density at radius 1 is 1.11 bits per heavy atom. The maximum absolute atomic E-state index is 12.7. The number of methoxy groups -OCH3 is 2. The SMILES string of the molecule is COc1ccc(S(=O)(=O)NCCC(=O)N2CCC[C@@H]2C2CCCC2)cc1OC. The molecule has 7 nitrogen and oxygen atoms in total. The van der Waals surface area contributed by atoms with Crippen LogP contribution in [0.15, 0.2) is 23.1 Å². The molecule has 0 aromatic heterocycles. The fourth-order valence-corrected chi connectivity index (χ4v) is 5.48. The summed E-state index contributed by atoms with van der Waals surface area (Å²) >= 11 is 0. The zero-order valence-corrected chi connectivity index (χ0v) is 17.5. The molecule has 2 fully saturated rings. The number of carbonyl (C=O) groups is 1. The molecule has 1 N–H and O–H groups in total. The van der Waals surface area contributed by atoms with Crippen molar-refractivity contribution in [2.45, 2.75) is 55.9 Å². The predicted octanol–water partition coefficient (Wildman–Crippen LogP) is 2.55. The smallest absolute Gasteiger partial charge is 0.240 e. The topological polar surface area (TPSA) is 84.9 Å². The standard InChI is InChI=1S/C20H30N2O5S/c1-26-18-10-9-16(14-19(18)27-2)28(24,25)21-12-11-20(23)22-13-5-8-17(22)15-6-3-4-7-15/h9-10,14-15,17,21H,3-8,11-13H2,1-2H3/t17-/m1/s1. The average molecular weight is 411 g/mol. The number of carbonyl (C=O) groups excluding carboxylic acids is 1. The van der Waals surface area contributed by atoms with Crippen LogP contribution in [0.25, 0.3) is 0 Å². The Balaban J connectivity index is 1.57. The number of likely N-dealkylation sites (tertiary alicyclic amines) is 1. The number of nitrogens with one attached hydrogen (secondary N) is 1. The van der Waals surface area contributed by atoms with Crippen molar-refractivity contribution in [1.82, 2.24) is 9.62 Å². The summed E-state index contributed by atoms with van der Waals surface area (Å²) in [6, 6.07) is 4.77. The maximum atomic E-state index is 12.7. The molecular weight excluding hydrogens is 380 g/mol. The van der Waals surface area contributed by atoms with Gasteiger partial charge >= 0.3 is 0 Å². The molecule has 1 heterocycles. The van der Waals surface area contributed by atoms with Crippen LogP contribution in [-0.4, -0.2) is 52.6 Å². The first-order valence-electron chi connectivity index (χ1n) is 9.97. The van der Waals surface area contributed by atoms with E-state index in [0.717, 1.165) is 19.4 Å². The van der Waals surface area contributed by atoms with Gasteiger partial charge in [0, 0.05) is 31.6 Å². The highest BCUT2D eigenvalue weighted by Crippen LogP contribution is 2.35. The van der Waals surface area contributed by atoms with Crippen molar-refractivity contribution in [3.63, 3.8) is 0 Å². The van der Waals surface area contributed by atoms with Crippen molar-refractivity contribution in [2.24, 2.45) is 5.92 Å². The molecule has 1 aromatic carbocycles. The van der Waals surface area contributed by atoms with Crippen molar-refractivity contribution in [3.05, 3.63) is 18.2 Å². The minimum absolute atomic E-state index is 0.0458. The predicted molar refractivity (Wildman–Crippen MR) is 106 cm³/mol. The summed E-state index contributed by atoms with van der Waals surface area (Å²) in [5.74, 6) is 1.47. The Hall–Kier alpha value is -1.80. The third-order valence-electron chi connectivity index (χ3n) is 5.86. The highest BCUT2D eigenvalue weighted by molar-refractivity contribution is 7.89. The second-order valence-corrected chi connectivity index (χ2v) is 9.27. The van der Waals surface area contributed by atoms with Crippen LogP contribution in [0.2, 0.25) is 0 Å². The second-order valence-electron chi connectivity index (χ2n) is 7.51. The first-order valence-corrected chi connectivity index (χ1v) is 11.5. The summed E-state index contributed by atoms with van der Waals surface area (Å²) in [7, 11) is -0.774. The number of sulfonamides is 1. The first-order chi connectivity index (χ1) is 13.5. The van der Waals surface area contributed by atoms with Gasteiger partial charge in [-0.05, 0) is 43.7 Å². The van der Waals surface area contributed by atoms with Crippen LogP contribution in [0.1, 0.15) is 44.9 Å². The number of benzene rings is 1. The Kier molecular flexibility index (Phi) is 6.82. The number of ether oxygens (including phenoxy) is 2. The van der Waals surface area contributed by atoms with E-state index in [1.165, 1.54) is 52.0 Å². The van der Waals surface area contributed by atoms with E-state index in [-0.39, 0.29) is 23.8 Å². The van der Waals surface area contributed by atoms with Gasteiger partial charge in [0.25, 0.3) is 0 Å². The minimum atomic E-state index is -3.72. The molecule has 28 heavy (non-hydrogen) atoms. The fourth-order valence-electron chi connectivity index (χ4n) is 4.44. The normalized spacial score (nSPS) is 20.5. The van der Waals surface area contributed by atoms with E-state index >= 15 is 0 Å². The van der Waals surface area contributed by atoms with Crippen LogP contribution in [0.5, 0.6) is 11.5 Å². The second kappa shape index (κ2) is 9.13. The Bertz CT molecular complexity index is 790. The van der Waals surface area contributed by atoms with Gasteiger partial charge in [0.05, 0.1) is 19.1 Å². The third-order valence-corrected chi connectivity index (χ3v) is 7.32. The van der Waals surface area contributed by atoms with Gasteiger partial charge in [-0.15, -0.1) is 0 Å². The van der Waals surface area contributed by atoms with E-state index in [0.29, 0.717) is 23.5 Å². The number of hydrogen-bond acceptors (Lipinski definition) is 5. The summed E-state index contributed by atoms with van der Waals surface area (Å²) in [5, 5.41) is 0. The van der Waals surface area contributed by atoms with Crippen LogP contribution in [0.4, 0.5) is 0 Å². The van der Waals surface area contributed by atoms with E-state index in [4.69, 9.17) is 9.47 Å². The van der Waals surface area contributed by atoms with Crippen molar-refractivity contribution in [1.29, 1.82) is 0 Å². The van der Waals surface area contributed by atoms with Gasteiger partial charge < -0.3 is 14.4 Å². The molecule has 1 aliphatic heterocycles. The van der Waals surface area contributed by atoms with E-state index in [1.807, 2.05) is 4.90 Å². The van der Waals surface area contributed by atoms with Crippen molar-refractivity contribution < 1.29 is 22.7 Å². The van der Waals surface area contributed by atoms with Crippen molar-refractivity contribution in [2.75, 3.05) is 27.3 Å². The van der Waals surface area contributed by atoms with Gasteiger partial charge in [0.1, 0.15) is 0 Å². The molecule has 0 radical (unpaired) electrons. The zero-order valence-electron chi connectivity index (χ0n) is 16.6. The van der Waals surface area contributed by atoms with Gasteiger partial charge in [0.2, 0.25) is 15.9 Å². The largest absolute Gasteiger partial charge is 0.493 e. The lowest BCUT2D eigenvalue weighted by atomic mass is 9.96. The number of amides is 1. The Morgan fingerprint density at radius 2 is 1.82 bits per heavy atom. The summed E-state index contributed by atoms with van der Waals surface area (Å²) in [4.78, 5) is 14.7. The average Bonchev–Trinajstić information content (AvgIpc) is 3.38. The molecule has 0 spiro atoms. The molecule has 1 saturated heterocycles. The van der Waals surface area contributed by atoms with Crippen molar-refractivity contribution in [3.8, 4) is 11.5 Å². The van der Waals surface area contributed by atoms with E-state index < -0.39 is 10.0 Å². The van der Waals surface area contributed by atoms with Crippen LogP contribution in [0, 0.1) is 5.92 Å². The van der Waals surface area contributed by atoms with Gasteiger partial charge in [-0.2, -0.15) is 0 Å². The quantitative estimate of drug-likeness (QED) is 0.712. The lowest BCUT2D eigenvalue weighted by Crippen LogP contribution is -2.40. The Morgan fingerprint density at radius 3 is 2.50 bits per heavy atom. The highest BCUT2D eigenvalue weighted by Gasteiger charge is 2.35. The molecule has 156 valence electrons. The van der Waals surface area contributed by atoms with Crippen LogP contribution in [-0.2, 0) is 14.8 Å². The highest BCUT2D eigenvalue weighted by atomic mass is 32.2. The van der Waals surface area contributed by atoms with Gasteiger partial charge in [-0.25, -0.2) is 13.1 Å². The monoisotopic (exact) mass is 410 g/mol. The first kappa shape index (κ1) is 20.9. The van der Waals surface area contributed by atoms with E-state index in [2.05, 4.69) is 4.72 Å². The maximum Gasteiger partial charge on any atom is 0.240 e. The van der Waals surface area contributed by atoms with E-state index in [9.17, 15) is 13.2 Å². The summed E-state index contributed by atoms with van der Waals surface area (Å²) < 4.78 is 37.9. The number of rotatable bonds is 8. The molecular formula is C20H30N2O5S. The van der Waals surface area contributed by atoms with Crippen LogP contribution < -0.4 is 14.2 Å². The molecule has 3 rings (SSSR count). The molecule has 1 atom stereocenters. The molecule has 1 amide bonds. The minimum Gasteiger partial charge on any atom is -0.493 e. The fraction of sp³-hybridized carbons (Fsp3) is 0.650. The van der Waals surface area contributed by atoms with Crippen LogP contribution >= 0.6 is 0 Å². The van der Waals surface area contributed by atoms with Gasteiger partial charge in [-0.3, -0.25) is 4.79 Å². The number of nitrogens with zero attached hydrogens (tertiary/aromatic N) is 1. The summed E-state index contributed by atoms with van der Waals surface area (Å²) in [6.07, 6.45) is 7.23. The van der Waals surface area contributed by atoms with Gasteiger partial charge in [-0.1, -0.05) is 12.8 Å². The Labute approximate surface area is 167 Å². The molecule has 2 aliphatic rings. The van der Waals surface area contributed by atoms with Crippen LogP contribution in [0.3, 0.4) is 0 Å². The van der Waals surface area contributed by atoms with Gasteiger partial charge in [0.15, 0.2) is 11.5 Å². The summed E-state index contributed by atoms with van der Waals surface area (Å²) in [6.45, 7) is 0.881. The zero-order chi connectivity index (χ0) is 20.1. The number of hydrogen-bond donors (Lipinski definition) is 1. The third kappa shape index (κ3) is 4.60. The lowest BCUT2D eigenvalue weighted by Gasteiger charge is -2.29. The van der Waals surface area contributed by atoms with E-state index in [1.54, 1.807) is 6.07 Å². The molecule has 1 saturated carbocycles. The molecule has 0 unspecified atom stereocenters. The summed E-state index contributed by atoms with van der Waals surface area (Å²) in [5.41, 5.74) is 0. The lowest BCUT2D eigenvalue weighted by molar-refractivity contribution is -0.132.